The number of rotatable bonds is 3. The molecule has 0 aromatic heterocycles. The predicted octanol–water partition coefficient (Wildman–Crippen LogP) is 0.692. The van der Waals surface area contributed by atoms with Gasteiger partial charge in [0.2, 0.25) is 11.8 Å². The molecule has 0 aliphatic carbocycles. The molecular weight excluding hydrogens is 266 g/mol. The molecule has 1 atom stereocenters. The smallest absolute Gasteiger partial charge is 0.246 e. The average molecular weight is 287 g/mol. The lowest BCUT2D eigenvalue weighted by Crippen LogP contribution is -2.45. The molecule has 1 unspecified atom stereocenters. The van der Waals surface area contributed by atoms with Crippen molar-refractivity contribution < 1.29 is 9.59 Å². The molecule has 2 aliphatic rings. The molecule has 1 fully saturated rings. The summed E-state index contributed by atoms with van der Waals surface area (Å²) in [5.41, 5.74) is 2.18. The highest BCUT2D eigenvalue weighted by Crippen LogP contribution is 2.27. The van der Waals surface area contributed by atoms with Crippen LogP contribution in [0, 0.1) is 5.92 Å². The molecule has 5 heteroatoms. The van der Waals surface area contributed by atoms with E-state index in [-0.39, 0.29) is 24.3 Å². The number of para-hydroxylation sites is 1. The summed E-state index contributed by atoms with van der Waals surface area (Å²) in [6, 6.07) is 7.95. The van der Waals surface area contributed by atoms with Crippen LogP contribution in [0.3, 0.4) is 0 Å². The van der Waals surface area contributed by atoms with Crippen LogP contribution in [0.2, 0.25) is 0 Å². The third-order valence-corrected chi connectivity index (χ3v) is 4.27. The molecule has 2 heterocycles. The zero-order chi connectivity index (χ0) is 14.7. The zero-order valence-corrected chi connectivity index (χ0v) is 12.1. The minimum Gasteiger partial charge on any atom is -0.347 e. The summed E-state index contributed by atoms with van der Waals surface area (Å²) < 4.78 is 0. The number of carbonyl (C=O) groups excluding carboxylic acids is 2. The molecule has 112 valence electrons. The van der Waals surface area contributed by atoms with Gasteiger partial charge in [-0.25, -0.2) is 0 Å². The van der Waals surface area contributed by atoms with Gasteiger partial charge in [-0.2, -0.15) is 0 Å². The van der Waals surface area contributed by atoms with Crippen molar-refractivity contribution >= 4 is 17.5 Å². The van der Waals surface area contributed by atoms with E-state index >= 15 is 0 Å². The van der Waals surface area contributed by atoms with Crippen LogP contribution in [0.25, 0.3) is 0 Å². The van der Waals surface area contributed by atoms with Gasteiger partial charge in [0.05, 0.1) is 12.5 Å². The van der Waals surface area contributed by atoms with Gasteiger partial charge in [0, 0.05) is 18.8 Å². The number of hydrogen-bond donors (Lipinski definition) is 2. The molecule has 1 aromatic rings. The number of nitrogens with zero attached hydrogens (tertiary/aromatic N) is 1. The highest BCUT2D eigenvalue weighted by molar-refractivity contribution is 5.98. The maximum Gasteiger partial charge on any atom is 0.246 e. The maximum atomic E-state index is 12.3. The topological polar surface area (TPSA) is 61.4 Å². The third-order valence-electron chi connectivity index (χ3n) is 4.27. The normalized spacial score (nSPS) is 21.0. The molecule has 0 bridgehead atoms. The molecule has 0 spiro atoms. The first-order valence-corrected chi connectivity index (χ1v) is 7.62. The number of piperidine rings is 1. The lowest BCUT2D eigenvalue weighted by Gasteiger charge is -2.23. The van der Waals surface area contributed by atoms with E-state index in [0.29, 0.717) is 13.1 Å². The second-order valence-electron chi connectivity index (χ2n) is 5.69. The lowest BCUT2D eigenvalue weighted by atomic mass is 9.99. The minimum atomic E-state index is -0.0305. The van der Waals surface area contributed by atoms with Crippen LogP contribution in [0.1, 0.15) is 18.4 Å². The largest absolute Gasteiger partial charge is 0.347 e. The van der Waals surface area contributed by atoms with Crippen molar-refractivity contribution in [3.05, 3.63) is 29.8 Å². The van der Waals surface area contributed by atoms with E-state index in [1.54, 1.807) is 4.90 Å². The highest BCUT2D eigenvalue weighted by atomic mass is 16.2. The van der Waals surface area contributed by atoms with Gasteiger partial charge in [-0.1, -0.05) is 18.2 Å². The first-order valence-electron chi connectivity index (χ1n) is 7.62. The van der Waals surface area contributed by atoms with Crippen LogP contribution in [-0.4, -0.2) is 38.0 Å². The number of anilines is 1. The zero-order valence-electron chi connectivity index (χ0n) is 12.1. The summed E-state index contributed by atoms with van der Waals surface area (Å²) in [5.74, 6) is -0.0440. The fourth-order valence-corrected chi connectivity index (χ4v) is 3.08. The SMILES string of the molecule is O=C(NCC(=O)N1CCc2ccccc21)C1CCCNC1. The van der Waals surface area contributed by atoms with Crippen molar-refractivity contribution in [2.75, 3.05) is 31.1 Å². The van der Waals surface area contributed by atoms with Gasteiger partial charge in [0.25, 0.3) is 0 Å². The van der Waals surface area contributed by atoms with Gasteiger partial charge in [-0.15, -0.1) is 0 Å². The number of fused-ring (bicyclic) bond motifs is 1. The molecule has 1 saturated heterocycles. The molecule has 3 rings (SSSR count). The van der Waals surface area contributed by atoms with E-state index in [4.69, 9.17) is 0 Å². The Balaban J connectivity index is 1.54. The Bertz CT molecular complexity index is 538. The van der Waals surface area contributed by atoms with Crippen LogP contribution < -0.4 is 15.5 Å². The maximum absolute atomic E-state index is 12.3. The molecule has 0 saturated carbocycles. The first-order chi connectivity index (χ1) is 10.3. The standard InChI is InChI=1S/C16H21N3O2/c20-15(11-18-16(21)13-5-3-8-17-10-13)19-9-7-12-4-1-2-6-14(12)19/h1-2,4,6,13,17H,3,5,7-11H2,(H,18,21). The van der Waals surface area contributed by atoms with Crippen molar-refractivity contribution in [2.24, 2.45) is 5.92 Å². The second kappa shape index (κ2) is 6.26. The summed E-state index contributed by atoms with van der Waals surface area (Å²) >= 11 is 0. The molecule has 5 nitrogen and oxygen atoms in total. The van der Waals surface area contributed by atoms with Crippen LogP contribution in [0.4, 0.5) is 5.69 Å². The summed E-state index contributed by atoms with van der Waals surface area (Å²) in [6.45, 7) is 2.49. The number of hydrogen-bond acceptors (Lipinski definition) is 3. The van der Waals surface area contributed by atoms with Crippen LogP contribution >= 0.6 is 0 Å². The summed E-state index contributed by atoms with van der Waals surface area (Å²) in [7, 11) is 0. The molecule has 21 heavy (non-hydrogen) atoms. The lowest BCUT2D eigenvalue weighted by molar-refractivity contribution is -0.128. The van der Waals surface area contributed by atoms with Gasteiger partial charge in [-0.05, 0) is 37.4 Å². The predicted molar refractivity (Wildman–Crippen MR) is 81.1 cm³/mol. The fourth-order valence-electron chi connectivity index (χ4n) is 3.08. The van der Waals surface area contributed by atoms with E-state index in [1.807, 2.05) is 18.2 Å². The number of benzene rings is 1. The van der Waals surface area contributed by atoms with E-state index in [2.05, 4.69) is 16.7 Å². The van der Waals surface area contributed by atoms with Crippen LogP contribution in [0.5, 0.6) is 0 Å². The average Bonchev–Trinajstić information content (AvgIpc) is 2.97. The number of amides is 2. The molecule has 2 N–H and O–H groups in total. The van der Waals surface area contributed by atoms with E-state index in [1.165, 1.54) is 5.56 Å². The van der Waals surface area contributed by atoms with E-state index < -0.39 is 0 Å². The van der Waals surface area contributed by atoms with Crippen LogP contribution in [0.15, 0.2) is 24.3 Å². The molecule has 0 radical (unpaired) electrons. The summed E-state index contributed by atoms with van der Waals surface area (Å²) in [6.07, 6.45) is 2.81. The Kier molecular flexibility index (Phi) is 4.20. The van der Waals surface area contributed by atoms with Gasteiger partial charge >= 0.3 is 0 Å². The van der Waals surface area contributed by atoms with Crippen molar-refractivity contribution in [2.45, 2.75) is 19.3 Å². The Morgan fingerprint density at radius 1 is 1.33 bits per heavy atom. The molecule has 2 amide bonds. The van der Waals surface area contributed by atoms with Gasteiger partial charge < -0.3 is 15.5 Å². The fraction of sp³-hybridized carbons (Fsp3) is 0.500. The first kappa shape index (κ1) is 14.1. The Labute approximate surface area is 124 Å². The van der Waals surface area contributed by atoms with Crippen molar-refractivity contribution in [1.29, 1.82) is 0 Å². The van der Waals surface area contributed by atoms with Crippen molar-refractivity contribution in [3.8, 4) is 0 Å². The van der Waals surface area contributed by atoms with Crippen LogP contribution in [-0.2, 0) is 16.0 Å². The monoisotopic (exact) mass is 287 g/mol. The number of carbonyl (C=O) groups is 2. The summed E-state index contributed by atoms with van der Waals surface area (Å²) in [4.78, 5) is 26.1. The second-order valence-corrected chi connectivity index (χ2v) is 5.69. The van der Waals surface area contributed by atoms with E-state index in [9.17, 15) is 9.59 Å². The van der Waals surface area contributed by atoms with Gasteiger partial charge in [0.1, 0.15) is 0 Å². The third kappa shape index (κ3) is 3.08. The van der Waals surface area contributed by atoms with Crippen molar-refractivity contribution in [3.63, 3.8) is 0 Å². The van der Waals surface area contributed by atoms with E-state index in [0.717, 1.165) is 31.5 Å². The Morgan fingerprint density at radius 3 is 3.00 bits per heavy atom. The summed E-state index contributed by atoms with van der Waals surface area (Å²) in [5, 5.41) is 6.01. The molecule has 2 aliphatic heterocycles. The van der Waals surface area contributed by atoms with Gasteiger partial charge in [0.15, 0.2) is 0 Å². The Hall–Kier alpha value is -1.88. The van der Waals surface area contributed by atoms with Gasteiger partial charge in [-0.3, -0.25) is 9.59 Å². The number of nitrogens with one attached hydrogen (secondary N) is 2. The molecule has 1 aromatic carbocycles. The quantitative estimate of drug-likeness (QED) is 0.860. The van der Waals surface area contributed by atoms with Crippen molar-refractivity contribution in [1.82, 2.24) is 10.6 Å². The molecular formula is C16H21N3O2. The minimum absolute atomic E-state index is 0.00239. The highest BCUT2D eigenvalue weighted by Gasteiger charge is 2.26. The Morgan fingerprint density at radius 2 is 2.19 bits per heavy atom.